The number of aliphatic hydroxyl groups excluding tert-OH is 2. The van der Waals surface area contributed by atoms with Crippen LogP contribution in [-0.4, -0.2) is 44.4 Å². The second-order valence-corrected chi connectivity index (χ2v) is 5.53. The predicted molar refractivity (Wildman–Crippen MR) is 81.5 cm³/mol. The molecule has 2 heterocycles. The summed E-state index contributed by atoms with van der Waals surface area (Å²) in [5, 5.41) is 22.4. The maximum atomic E-state index is 14.4. The number of aryl methyl sites for hydroxylation is 1. The molecule has 1 fully saturated rings. The Labute approximate surface area is 136 Å². The van der Waals surface area contributed by atoms with Crippen LogP contribution in [0, 0.1) is 0 Å². The van der Waals surface area contributed by atoms with Gasteiger partial charge in [0.05, 0.1) is 6.61 Å². The zero-order chi connectivity index (χ0) is 17.9. The number of azide groups is 1. The maximum absolute atomic E-state index is 14.4. The number of anilines is 1. The number of aromatic nitrogens is 2. The molecule has 0 bridgehead atoms. The van der Waals surface area contributed by atoms with Gasteiger partial charge in [-0.25, -0.2) is 9.18 Å². The van der Waals surface area contributed by atoms with Crippen molar-refractivity contribution in [2.24, 2.45) is 5.11 Å². The van der Waals surface area contributed by atoms with E-state index in [0.717, 1.165) is 17.4 Å². The van der Waals surface area contributed by atoms with Crippen LogP contribution in [0.3, 0.4) is 0 Å². The zero-order valence-corrected chi connectivity index (χ0v) is 13.0. The SMILES string of the molecule is CCCCc1cn([C@@H]2O[C@@](CO)(N=[N+]=[N-])[C@@H](O)[C@@H]2F)c(=O)nc1N. The van der Waals surface area contributed by atoms with E-state index in [9.17, 15) is 19.4 Å². The average molecular weight is 342 g/mol. The fourth-order valence-electron chi connectivity index (χ4n) is 2.54. The van der Waals surface area contributed by atoms with Crippen LogP contribution in [0.15, 0.2) is 16.1 Å². The van der Waals surface area contributed by atoms with Gasteiger partial charge in [-0.3, -0.25) is 4.57 Å². The summed E-state index contributed by atoms with van der Waals surface area (Å²) in [6, 6.07) is 0. The molecule has 1 aliphatic heterocycles. The molecule has 0 spiro atoms. The summed E-state index contributed by atoms with van der Waals surface area (Å²) in [6.45, 7) is 1.03. The van der Waals surface area contributed by atoms with Gasteiger partial charge in [0.15, 0.2) is 12.4 Å². The minimum Gasteiger partial charge on any atom is -0.393 e. The molecular formula is C13H19FN6O4. The van der Waals surface area contributed by atoms with Gasteiger partial charge in [0, 0.05) is 16.7 Å². The van der Waals surface area contributed by atoms with Crippen molar-refractivity contribution in [2.45, 2.75) is 50.4 Å². The Kier molecular flexibility index (Phi) is 5.40. The van der Waals surface area contributed by atoms with E-state index in [0.29, 0.717) is 12.0 Å². The molecule has 1 aromatic rings. The molecule has 1 aromatic heterocycles. The summed E-state index contributed by atoms with van der Waals surface area (Å²) in [6.07, 6.45) is -2.13. The van der Waals surface area contributed by atoms with E-state index >= 15 is 0 Å². The highest BCUT2D eigenvalue weighted by molar-refractivity contribution is 5.36. The van der Waals surface area contributed by atoms with E-state index in [1.165, 1.54) is 6.20 Å². The van der Waals surface area contributed by atoms with Crippen molar-refractivity contribution in [3.63, 3.8) is 0 Å². The number of alkyl halides is 1. The molecule has 4 atom stereocenters. The average Bonchev–Trinajstić information content (AvgIpc) is 2.80. The van der Waals surface area contributed by atoms with Gasteiger partial charge < -0.3 is 20.7 Å². The number of unbranched alkanes of at least 4 members (excludes halogenated alkanes) is 1. The smallest absolute Gasteiger partial charge is 0.351 e. The lowest BCUT2D eigenvalue weighted by Gasteiger charge is -2.23. The number of nitrogen functional groups attached to an aromatic ring is 1. The third kappa shape index (κ3) is 3.06. The Morgan fingerprint density at radius 1 is 1.67 bits per heavy atom. The van der Waals surface area contributed by atoms with Crippen LogP contribution in [0.1, 0.15) is 31.6 Å². The molecule has 132 valence electrons. The third-order valence-electron chi connectivity index (χ3n) is 3.94. The first-order chi connectivity index (χ1) is 11.4. The van der Waals surface area contributed by atoms with Crippen LogP contribution in [0.5, 0.6) is 0 Å². The van der Waals surface area contributed by atoms with Crippen LogP contribution in [0.4, 0.5) is 10.2 Å². The van der Waals surface area contributed by atoms with E-state index in [-0.39, 0.29) is 5.82 Å². The van der Waals surface area contributed by atoms with Gasteiger partial charge >= 0.3 is 5.69 Å². The monoisotopic (exact) mass is 342 g/mol. The lowest BCUT2D eigenvalue weighted by Crippen LogP contribution is -2.43. The summed E-state index contributed by atoms with van der Waals surface area (Å²) in [5.74, 6) is 0.0436. The van der Waals surface area contributed by atoms with E-state index in [1.54, 1.807) is 0 Å². The Hall–Kier alpha value is -2.20. The van der Waals surface area contributed by atoms with Crippen LogP contribution in [-0.2, 0) is 11.2 Å². The van der Waals surface area contributed by atoms with Crippen LogP contribution >= 0.6 is 0 Å². The van der Waals surface area contributed by atoms with Gasteiger partial charge in [-0.15, -0.1) is 0 Å². The number of nitrogens with zero attached hydrogens (tertiary/aromatic N) is 5. The predicted octanol–water partition coefficient (Wildman–Crippen LogP) is 0.395. The highest BCUT2D eigenvalue weighted by Gasteiger charge is 2.56. The summed E-state index contributed by atoms with van der Waals surface area (Å²) >= 11 is 0. The van der Waals surface area contributed by atoms with Gasteiger partial charge in [0.1, 0.15) is 11.9 Å². The summed E-state index contributed by atoms with van der Waals surface area (Å²) in [7, 11) is 0. The molecule has 0 unspecified atom stereocenters. The van der Waals surface area contributed by atoms with Gasteiger partial charge in [0.25, 0.3) is 0 Å². The molecule has 0 radical (unpaired) electrons. The summed E-state index contributed by atoms with van der Waals surface area (Å²) < 4.78 is 20.5. The number of halogens is 1. The molecule has 2 rings (SSSR count). The number of rotatable bonds is 6. The Balaban J connectivity index is 2.44. The highest BCUT2D eigenvalue weighted by Crippen LogP contribution is 2.39. The van der Waals surface area contributed by atoms with Crippen LogP contribution < -0.4 is 11.4 Å². The first-order valence-corrected chi connectivity index (χ1v) is 7.44. The fourth-order valence-corrected chi connectivity index (χ4v) is 2.54. The standard InChI is InChI=1S/C13H19FN6O4/c1-2-3-4-7-5-20(12(23)17-10(7)15)11-8(14)9(22)13(6-21,24-11)18-19-16/h5,8-9,11,21-22H,2-4,6H2,1H3,(H2,15,17,23)/t8-,9-,11+,13+/m0/s1. The van der Waals surface area contributed by atoms with Crippen molar-refractivity contribution in [3.8, 4) is 0 Å². The van der Waals surface area contributed by atoms with E-state index in [2.05, 4.69) is 15.0 Å². The van der Waals surface area contributed by atoms with Crippen molar-refractivity contribution in [3.05, 3.63) is 32.7 Å². The van der Waals surface area contributed by atoms with Crippen molar-refractivity contribution in [2.75, 3.05) is 12.3 Å². The number of hydrogen-bond donors (Lipinski definition) is 3. The normalized spacial score (nSPS) is 29.4. The first kappa shape index (κ1) is 18.1. The maximum Gasteiger partial charge on any atom is 0.351 e. The van der Waals surface area contributed by atoms with Gasteiger partial charge in [-0.05, 0) is 18.4 Å². The second kappa shape index (κ2) is 7.14. The molecule has 0 amide bonds. The molecule has 24 heavy (non-hydrogen) atoms. The molecule has 4 N–H and O–H groups in total. The number of nitrogens with two attached hydrogens (primary N) is 1. The van der Waals surface area contributed by atoms with Crippen LogP contribution in [0.2, 0.25) is 0 Å². The summed E-state index contributed by atoms with van der Waals surface area (Å²) in [5.41, 5.74) is 11.7. The van der Waals surface area contributed by atoms with Gasteiger partial charge in [0.2, 0.25) is 5.72 Å². The van der Waals surface area contributed by atoms with Crippen molar-refractivity contribution >= 4 is 5.82 Å². The minimum atomic E-state index is -2.21. The second-order valence-electron chi connectivity index (χ2n) is 5.53. The number of hydrogen-bond acceptors (Lipinski definition) is 7. The van der Waals surface area contributed by atoms with Crippen molar-refractivity contribution < 1.29 is 19.3 Å². The first-order valence-electron chi connectivity index (χ1n) is 7.44. The Morgan fingerprint density at radius 3 is 2.96 bits per heavy atom. The highest BCUT2D eigenvalue weighted by atomic mass is 19.1. The van der Waals surface area contributed by atoms with Gasteiger partial charge in [-0.1, -0.05) is 18.5 Å². The Morgan fingerprint density at radius 2 is 2.38 bits per heavy atom. The third-order valence-corrected chi connectivity index (χ3v) is 3.94. The van der Waals surface area contributed by atoms with Gasteiger partial charge in [-0.2, -0.15) is 4.98 Å². The molecular weight excluding hydrogens is 323 g/mol. The molecule has 1 aliphatic rings. The largest absolute Gasteiger partial charge is 0.393 e. The van der Waals surface area contributed by atoms with E-state index < -0.39 is 36.5 Å². The quantitative estimate of drug-likeness (QED) is 0.385. The topological polar surface area (TPSA) is 159 Å². The number of ether oxygens (including phenoxy) is 1. The molecule has 0 aliphatic carbocycles. The van der Waals surface area contributed by atoms with Crippen LogP contribution in [0.25, 0.3) is 10.4 Å². The number of aliphatic hydroxyl groups is 2. The molecule has 11 heteroatoms. The van der Waals surface area contributed by atoms with Crippen molar-refractivity contribution in [1.29, 1.82) is 0 Å². The molecule has 0 saturated carbocycles. The summed E-state index contributed by atoms with van der Waals surface area (Å²) in [4.78, 5) is 18.1. The van der Waals surface area contributed by atoms with E-state index in [4.69, 9.17) is 16.0 Å². The Bertz CT molecular complexity index is 706. The zero-order valence-electron chi connectivity index (χ0n) is 13.0. The van der Waals surface area contributed by atoms with E-state index in [1.807, 2.05) is 6.92 Å². The molecule has 10 nitrogen and oxygen atoms in total. The lowest BCUT2D eigenvalue weighted by molar-refractivity contribution is -0.124. The lowest BCUT2D eigenvalue weighted by atomic mass is 10.1. The fraction of sp³-hybridized carbons (Fsp3) is 0.692. The molecule has 1 saturated heterocycles. The minimum absolute atomic E-state index is 0.0436. The molecule has 0 aromatic carbocycles. The van der Waals surface area contributed by atoms with Crippen molar-refractivity contribution in [1.82, 2.24) is 9.55 Å².